The summed E-state index contributed by atoms with van der Waals surface area (Å²) in [4.78, 5) is 11.7. The van der Waals surface area contributed by atoms with E-state index in [2.05, 4.69) is 0 Å². The Kier molecular flexibility index (Phi) is 6.75. The fourth-order valence-corrected chi connectivity index (χ4v) is 2.22. The van der Waals surface area contributed by atoms with Gasteiger partial charge in [0.2, 0.25) is 0 Å². The van der Waals surface area contributed by atoms with Crippen molar-refractivity contribution in [1.82, 2.24) is 0 Å². The lowest BCUT2D eigenvalue weighted by molar-refractivity contribution is -0.140. The third-order valence-corrected chi connectivity index (χ3v) is 3.38. The number of carbonyl (C=O) groups excluding carboxylic acids is 1. The molecule has 0 aliphatic heterocycles. The maximum Gasteiger partial charge on any atom is 0.315 e. The lowest BCUT2D eigenvalue weighted by Crippen LogP contribution is -2.09. The van der Waals surface area contributed by atoms with E-state index in [1.807, 2.05) is 31.2 Å². The molecule has 3 nitrogen and oxygen atoms in total. The van der Waals surface area contributed by atoms with Gasteiger partial charge in [-0.15, -0.1) is 11.8 Å². The van der Waals surface area contributed by atoms with Gasteiger partial charge >= 0.3 is 5.97 Å². The van der Waals surface area contributed by atoms with E-state index < -0.39 is 0 Å². The Bertz CT molecular complexity index is 421. The number of rotatable bonds is 7. The van der Waals surface area contributed by atoms with Crippen LogP contribution in [0.2, 0.25) is 0 Å². The Morgan fingerprint density at radius 3 is 2.94 bits per heavy atom. The van der Waals surface area contributed by atoms with E-state index in [9.17, 15) is 4.79 Å². The molecule has 0 fully saturated rings. The van der Waals surface area contributed by atoms with Crippen molar-refractivity contribution >= 4 is 34.9 Å². The van der Waals surface area contributed by atoms with Crippen molar-refractivity contribution in [3.63, 3.8) is 0 Å². The highest BCUT2D eigenvalue weighted by Crippen LogP contribution is 2.14. The van der Waals surface area contributed by atoms with E-state index in [4.69, 9.17) is 22.7 Å². The van der Waals surface area contributed by atoms with Crippen LogP contribution in [0.3, 0.4) is 0 Å². The van der Waals surface area contributed by atoms with Gasteiger partial charge < -0.3 is 10.5 Å². The van der Waals surface area contributed by atoms with Gasteiger partial charge in [-0.3, -0.25) is 4.79 Å². The van der Waals surface area contributed by atoms with Crippen molar-refractivity contribution in [1.29, 1.82) is 0 Å². The standard InChI is InChI=1S/C13H17NO2S2/c1-2-6-16-12(15)9-18-8-10-4-3-5-11(7-10)13(14)17/h3-5,7H,2,6,8-9H2,1H3,(H2,14,17). The van der Waals surface area contributed by atoms with Crippen LogP contribution in [0, 0.1) is 0 Å². The van der Waals surface area contributed by atoms with Gasteiger partial charge in [0.1, 0.15) is 4.99 Å². The number of thioether (sulfide) groups is 1. The Morgan fingerprint density at radius 1 is 1.50 bits per heavy atom. The van der Waals surface area contributed by atoms with E-state index in [1.54, 1.807) is 0 Å². The second-order valence-corrected chi connectivity index (χ2v) is 5.20. The van der Waals surface area contributed by atoms with Crippen LogP contribution in [-0.2, 0) is 15.3 Å². The minimum Gasteiger partial charge on any atom is -0.465 e. The fourth-order valence-electron chi connectivity index (χ4n) is 1.32. The number of hydrogen-bond donors (Lipinski definition) is 1. The molecule has 0 aliphatic rings. The van der Waals surface area contributed by atoms with Crippen LogP contribution in [0.1, 0.15) is 24.5 Å². The van der Waals surface area contributed by atoms with Crippen LogP contribution < -0.4 is 5.73 Å². The van der Waals surface area contributed by atoms with E-state index in [1.165, 1.54) is 11.8 Å². The SMILES string of the molecule is CCCOC(=O)CSCc1cccc(C(N)=S)c1. The molecule has 1 aromatic rings. The zero-order chi connectivity index (χ0) is 13.4. The number of benzene rings is 1. The predicted octanol–water partition coefficient (Wildman–Crippen LogP) is 2.51. The van der Waals surface area contributed by atoms with Crippen molar-refractivity contribution in [2.75, 3.05) is 12.4 Å². The van der Waals surface area contributed by atoms with E-state index >= 15 is 0 Å². The quantitative estimate of drug-likeness (QED) is 0.615. The van der Waals surface area contributed by atoms with Crippen molar-refractivity contribution in [3.05, 3.63) is 35.4 Å². The molecule has 0 amide bonds. The zero-order valence-corrected chi connectivity index (χ0v) is 12.0. The molecule has 0 radical (unpaired) electrons. The van der Waals surface area contributed by atoms with E-state index in [0.29, 0.717) is 17.3 Å². The van der Waals surface area contributed by atoms with Gasteiger partial charge in [0.25, 0.3) is 0 Å². The number of thiocarbonyl (C=S) groups is 1. The van der Waals surface area contributed by atoms with Gasteiger partial charge in [-0.05, 0) is 18.1 Å². The highest BCUT2D eigenvalue weighted by atomic mass is 32.2. The molecule has 18 heavy (non-hydrogen) atoms. The van der Waals surface area contributed by atoms with Crippen molar-refractivity contribution < 1.29 is 9.53 Å². The van der Waals surface area contributed by atoms with E-state index in [-0.39, 0.29) is 5.97 Å². The first-order valence-corrected chi connectivity index (χ1v) is 7.32. The van der Waals surface area contributed by atoms with Crippen LogP contribution in [0.5, 0.6) is 0 Å². The Balaban J connectivity index is 2.37. The Labute approximate surface area is 117 Å². The lowest BCUT2D eigenvalue weighted by atomic mass is 10.1. The molecule has 0 spiro atoms. The first-order valence-electron chi connectivity index (χ1n) is 5.75. The molecule has 0 atom stereocenters. The zero-order valence-electron chi connectivity index (χ0n) is 10.3. The second-order valence-electron chi connectivity index (χ2n) is 3.78. The molecule has 0 aliphatic carbocycles. The summed E-state index contributed by atoms with van der Waals surface area (Å²) in [6.45, 7) is 2.47. The summed E-state index contributed by atoms with van der Waals surface area (Å²) in [6, 6.07) is 7.74. The molecule has 0 bridgehead atoms. The van der Waals surface area contributed by atoms with Crippen LogP contribution in [0.4, 0.5) is 0 Å². The van der Waals surface area contributed by atoms with Gasteiger partial charge in [0.15, 0.2) is 0 Å². The molecule has 98 valence electrons. The number of ether oxygens (including phenoxy) is 1. The van der Waals surface area contributed by atoms with Crippen LogP contribution in [0.15, 0.2) is 24.3 Å². The first-order chi connectivity index (χ1) is 8.63. The largest absolute Gasteiger partial charge is 0.465 e. The normalized spacial score (nSPS) is 10.1. The van der Waals surface area contributed by atoms with Crippen molar-refractivity contribution in [2.45, 2.75) is 19.1 Å². The van der Waals surface area contributed by atoms with Gasteiger partial charge in [-0.25, -0.2) is 0 Å². The highest BCUT2D eigenvalue weighted by Gasteiger charge is 2.03. The van der Waals surface area contributed by atoms with E-state index in [0.717, 1.165) is 23.3 Å². The topological polar surface area (TPSA) is 52.3 Å². The minimum atomic E-state index is -0.160. The van der Waals surface area contributed by atoms with Crippen LogP contribution >= 0.6 is 24.0 Å². The maximum atomic E-state index is 11.3. The third kappa shape index (κ3) is 5.51. The monoisotopic (exact) mass is 283 g/mol. The molecular formula is C13H17NO2S2. The first kappa shape index (κ1) is 15.0. The van der Waals surface area contributed by atoms with Crippen LogP contribution in [0.25, 0.3) is 0 Å². The Hall–Kier alpha value is -1.07. The van der Waals surface area contributed by atoms with Gasteiger partial charge in [0.05, 0.1) is 12.4 Å². The molecule has 0 saturated heterocycles. The molecule has 1 aromatic carbocycles. The molecule has 0 unspecified atom stereocenters. The number of carbonyl (C=O) groups is 1. The average Bonchev–Trinajstić information content (AvgIpc) is 2.36. The molecule has 5 heteroatoms. The minimum absolute atomic E-state index is 0.160. The summed E-state index contributed by atoms with van der Waals surface area (Å²) in [5, 5.41) is 0. The molecule has 0 saturated carbocycles. The summed E-state index contributed by atoms with van der Waals surface area (Å²) in [5.41, 5.74) is 7.53. The van der Waals surface area contributed by atoms with Crippen molar-refractivity contribution in [3.8, 4) is 0 Å². The molecule has 0 heterocycles. The smallest absolute Gasteiger partial charge is 0.315 e. The summed E-state index contributed by atoms with van der Waals surface area (Å²) in [5.74, 6) is 0.960. The molecular weight excluding hydrogens is 266 g/mol. The van der Waals surface area contributed by atoms with Crippen molar-refractivity contribution in [2.24, 2.45) is 5.73 Å². The van der Waals surface area contributed by atoms with Gasteiger partial charge in [-0.2, -0.15) is 0 Å². The lowest BCUT2D eigenvalue weighted by Gasteiger charge is -2.05. The maximum absolute atomic E-state index is 11.3. The number of esters is 1. The molecule has 0 aromatic heterocycles. The summed E-state index contributed by atoms with van der Waals surface area (Å²) < 4.78 is 4.99. The van der Waals surface area contributed by atoms with Crippen LogP contribution in [-0.4, -0.2) is 23.3 Å². The second kappa shape index (κ2) is 8.11. The van der Waals surface area contributed by atoms with Gasteiger partial charge in [0, 0.05) is 11.3 Å². The molecule has 1 rings (SSSR count). The highest BCUT2D eigenvalue weighted by molar-refractivity contribution is 7.99. The third-order valence-electron chi connectivity index (χ3n) is 2.17. The fraction of sp³-hybridized carbons (Fsp3) is 0.385. The van der Waals surface area contributed by atoms with Gasteiger partial charge in [-0.1, -0.05) is 37.3 Å². The predicted molar refractivity (Wildman–Crippen MR) is 79.7 cm³/mol. The number of nitrogens with two attached hydrogens (primary N) is 1. The number of hydrogen-bond acceptors (Lipinski definition) is 4. The summed E-state index contributed by atoms with van der Waals surface area (Å²) >= 11 is 6.45. The summed E-state index contributed by atoms with van der Waals surface area (Å²) in [6.07, 6.45) is 0.854. The summed E-state index contributed by atoms with van der Waals surface area (Å²) in [7, 11) is 0. The Morgan fingerprint density at radius 2 is 2.28 bits per heavy atom. The molecule has 2 N–H and O–H groups in total. The average molecular weight is 283 g/mol.